The van der Waals surface area contributed by atoms with Crippen molar-refractivity contribution in [1.29, 1.82) is 5.26 Å². The molecule has 0 aliphatic rings. The van der Waals surface area contributed by atoms with Crippen molar-refractivity contribution < 1.29 is 0 Å². The van der Waals surface area contributed by atoms with Crippen LogP contribution in [0.5, 0.6) is 0 Å². The summed E-state index contributed by atoms with van der Waals surface area (Å²) in [6.07, 6.45) is 5.16. The van der Waals surface area contributed by atoms with E-state index in [2.05, 4.69) is 104 Å². The van der Waals surface area contributed by atoms with E-state index in [1.807, 2.05) is 34.6 Å². The van der Waals surface area contributed by atoms with Gasteiger partial charge in [-0.25, -0.2) is 0 Å². The second kappa shape index (κ2) is 23.5. The molecule has 234 valence electrons. The minimum Gasteiger partial charge on any atom is -0.397 e. The quantitative estimate of drug-likeness (QED) is 0.0916. The number of nitrogens with two attached hydrogens (primary N) is 2. The molecule has 1 atom stereocenters. The van der Waals surface area contributed by atoms with Gasteiger partial charge in [-0.05, 0) is 91.7 Å². The third kappa shape index (κ3) is 13.2. The molecule has 0 fully saturated rings. The Bertz CT molecular complexity index is 1240. The van der Waals surface area contributed by atoms with Gasteiger partial charge in [0.1, 0.15) is 0 Å². The number of rotatable bonds is 13. The van der Waals surface area contributed by atoms with E-state index in [-0.39, 0.29) is 5.92 Å². The van der Waals surface area contributed by atoms with Gasteiger partial charge in [0.05, 0.1) is 17.4 Å². The van der Waals surface area contributed by atoms with Crippen molar-refractivity contribution in [2.75, 3.05) is 30.7 Å². The van der Waals surface area contributed by atoms with Crippen LogP contribution in [0.4, 0.5) is 11.4 Å². The number of nitriles is 1. The summed E-state index contributed by atoms with van der Waals surface area (Å²) in [5.41, 5.74) is 21.0. The minimum absolute atomic E-state index is 0.00551. The largest absolute Gasteiger partial charge is 0.397 e. The fraction of sp³-hybridized carbons (Fsp3) is 0.395. The molecule has 0 amide bonds. The molecule has 0 aliphatic carbocycles. The molecule has 0 aromatic heterocycles. The van der Waals surface area contributed by atoms with Crippen LogP contribution in [0.25, 0.3) is 0 Å². The Morgan fingerprint density at radius 3 is 2.19 bits per heavy atom. The zero-order valence-corrected chi connectivity index (χ0v) is 27.9. The van der Waals surface area contributed by atoms with E-state index in [1.54, 1.807) is 6.20 Å². The number of hydrogen-bond donors (Lipinski definition) is 4. The molecule has 5 heteroatoms. The molecule has 5 nitrogen and oxygen atoms in total. The molecule has 0 bridgehead atoms. The van der Waals surface area contributed by atoms with E-state index in [0.717, 1.165) is 61.4 Å². The van der Waals surface area contributed by atoms with E-state index in [0.29, 0.717) is 12.0 Å². The molecule has 6 N–H and O–H groups in total. The van der Waals surface area contributed by atoms with Gasteiger partial charge in [0.25, 0.3) is 0 Å². The topological polar surface area (TPSA) is 99.9 Å². The van der Waals surface area contributed by atoms with Crippen LogP contribution in [-0.4, -0.2) is 19.6 Å². The highest BCUT2D eigenvalue weighted by Gasteiger charge is 2.21. The van der Waals surface area contributed by atoms with Crippen LogP contribution >= 0.6 is 0 Å². The van der Waals surface area contributed by atoms with Gasteiger partial charge in [-0.15, -0.1) is 0 Å². The maximum Gasteiger partial charge on any atom is 0.0941 e. The second-order valence-corrected chi connectivity index (χ2v) is 9.57. The fourth-order valence-corrected chi connectivity index (χ4v) is 4.74. The molecular weight excluding hydrogens is 526 g/mol. The fourth-order valence-electron chi connectivity index (χ4n) is 4.74. The van der Waals surface area contributed by atoms with Crippen LogP contribution in [0.15, 0.2) is 85.6 Å². The summed E-state index contributed by atoms with van der Waals surface area (Å²) in [4.78, 5) is 0. The smallest absolute Gasteiger partial charge is 0.0941 e. The van der Waals surface area contributed by atoms with Gasteiger partial charge >= 0.3 is 0 Å². The molecule has 0 spiro atoms. The summed E-state index contributed by atoms with van der Waals surface area (Å²) in [7, 11) is 0. The third-order valence-electron chi connectivity index (χ3n) is 6.75. The van der Waals surface area contributed by atoms with Crippen LogP contribution in [0.3, 0.4) is 0 Å². The van der Waals surface area contributed by atoms with Crippen molar-refractivity contribution in [2.45, 2.75) is 80.1 Å². The van der Waals surface area contributed by atoms with Crippen LogP contribution in [0.1, 0.15) is 87.3 Å². The standard InChI is InChI=1S/C32H38N4.C2H7N.2C2H6/c1-5-35-19-18-26-14-15-28(21-27(26)13-12-25-10-8-7-9-11-25)30(20-23(3)22-33)29-16-17-31(36-6-2)32(34)24(29)4;1-2-3;2*1-2/h5,7-11,14-17,21,30,35-36H,1,3,6,12-13,18-20,34H2,2,4H3;2-3H2,1H3;2*1-2H3. The van der Waals surface area contributed by atoms with E-state index in [1.165, 1.54) is 22.3 Å². The Hall–Kier alpha value is -4.01. The zero-order valence-electron chi connectivity index (χ0n) is 27.9. The molecule has 0 saturated heterocycles. The number of aryl methyl sites for hydroxylation is 2. The van der Waals surface area contributed by atoms with Crippen LogP contribution in [-0.2, 0) is 19.3 Å². The van der Waals surface area contributed by atoms with Gasteiger partial charge in [-0.1, -0.05) is 102 Å². The van der Waals surface area contributed by atoms with Crippen molar-refractivity contribution in [1.82, 2.24) is 5.32 Å². The maximum absolute atomic E-state index is 9.55. The summed E-state index contributed by atoms with van der Waals surface area (Å²) in [5.74, 6) is 0.00551. The van der Waals surface area contributed by atoms with Gasteiger partial charge in [0.15, 0.2) is 0 Å². The summed E-state index contributed by atoms with van der Waals surface area (Å²) >= 11 is 0. The Kier molecular flexibility index (Phi) is 21.3. The van der Waals surface area contributed by atoms with Gasteiger partial charge in [0.2, 0.25) is 0 Å². The van der Waals surface area contributed by atoms with Crippen LogP contribution < -0.4 is 22.1 Å². The number of benzene rings is 3. The summed E-state index contributed by atoms with van der Waals surface area (Å²) in [5, 5.41) is 16.1. The Balaban J connectivity index is 0.00000232. The molecule has 0 aliphatic heterocycles. The molecule has 3 aromatic rings. The van der Waals surface area contributed by atoms with Crippen molar-refractivity contribution >= 4 is 11.4 Å². The molecule has 0 radical (unpaired) electrons. The van der Waals surface area contributed by atoms with E-state index >= 15 is 0 Å². The zero-order chi connectivity index (χ0) is 32.6. The lowest BCUT2D eigenvalue weighted by molar-refractivity contribution is 0.790. The SMILES string of the molecule is C=CNCCc1ccc(C(CC(=C)C#N)c2ccc(NCC)c(N)c2C)cc1CCc1ccccc1.CC.CC.CCN. The molecule has 0 heterocycles. The summed E-state index contributed by atoms with van der Waals surface area (Å²) in [6.45, 7) is 24.2. The number of nitrogen functional groups attached to an aromatic ring is 1. The predicted octanol–water partition coefficient (Wildman–Crippen LogP) is 8.69. The number of nitrogens with one attached hydrogen (secondary N) is 2. The van der Waals surface area contributed by atoms with Crippen molar-refractivity contribution in [3.63, 3.8) is 0 Å². The average Bonchev–Trinajstić information content (AvgIpc) is 3.05. The second-order valence-electron chi connectivity index (χ2n) is 9.57. The van der Waals surface area contributed by atoms with Crippen LogP contribution in [0.2, 0.25) is 0 Å². The third-order valence-corrected chi connectivity index (χ3v) is 6.75. The molecule has 1 unspecified atom stereocenters. The average molecular weight is 584 g/mol. The lowest BCUT2D eigenvalue weighted by Gasteiger charge is -2.24. The molecule has 3 rings (SSSR count). The van der Waals surface area contributed by atoms with Crippen molar-refractivity contribution in [3.8, 4) is 6.07 Å². The number of anilines is 2. The summed E-state index contributed by atoms with van der Waals surface area (Å²) in [6, 6.07) is 23.8. The molecule has 3 aromatic carbocycles. The van der Waals surface area contributed by atoms with Gasteiger partial charge in [-0.2, -0.15) is 5.26 Å². The van der Waals surface area contributed by atoms with Gasteiger partial charge in [-0.3, -0.25) is 0 Å². The predicted molar refractivity (Wildman–Crippen MR) is 191 cm³/mol. The molecule has 43 heavy (non-hydrogen) atoms. The highest BCUT2D eigenvalue weighted by molar-refractivity contribution is 5.72. The molecule has 0 saturated carbocycles. The maximum atomic E-state index is 9.55. The lowest BCUT2D eigenvalue weighted by atomic mass is 9.81. The minimum atomic E-state index is 0.00551. The Morgan fingerprint density at radius 1 is 0.953 bits per heavy atom. The highest BCUT2D eigenvalue weighted by Crippen LogP contribution is 2.37. The first-order valence-corrected chi connectivity index (χ1v) is 15.8. The van der Waals surface area contributed by atoms with Gasteiger partial charge in [0, 0.05) is 24.6 Å². The highest BCUT2D eigenvalue weighted by atomic mass is 14.9. The monoisotopic (exact) mass is 583 g/mol. The normalized spacial score (nSPS) is 10.2. The van der Waals surface area contributed by atoms with E-state index in [9.17, 15) is 5.26 Å². The van der Waals surface area contributed by atoms with E-state index < -0.39 is 0 Å². The number of hydrogen-bond acceptors (Lipinski definition) is 5. The van der Waals surface area contributed by atoms with E-state index in [4.69, 9.17) is 11.5 Å². The Morgan fingerprint density at radius 2 is 1.60 bits per heavy atom. The van der Waals surface area contributed by atoms with Crippen molar-refractivity contribution in [2.24, 2.45) is 5.73 Å². The first-order valence-electron chi connectivity index (χ1n) is 15.8. The van der Waals surface area contributed by atoms with Crippen molar-refractivity contribution in [3.05, 3.63) is 119 Å². The first kappa shape index (κ1) is 39.0. The molecular formula is C38H57N5. The van der Waals surface area contributed by atoms with Gasteiger partial charge < -0.3 is 22.1 Å². The number of nitrogens with zero attached hydrogens (tertiary/aromatic N) is 1. The summed E-state index contributed by atoms with van der Waals surface area (Å²) < 4.78 is 0. The Labute approximate surface area is 263 Å². The number of allylic oxidation sites excluding steroid dienone is 1. The van der Waals surface area contributed by atoms with Crippen LogP contribution in [0, 0.1) is 18.3 Å². The lowest BCUT2D eigenvalue weighted by Crippen LogP contribution is -2.12. The first-order chi connectivity index (χ1) is 20.9.